The van der Waals surface area contributed by atoms with Crippen LogP contribution in [-0.2, 0) is 4.79 Å². The summed E-state index contributed by atoms with van der Waals surface area (Å²) < 4.78 is 30.1. The van der Waals surface area contributed by atoms with Gasteiger partial charge in [-0.1, -0.05) is 12.1 Å². The standard InChI is InChI=1S/C17H15F2IN2O3/c1-10-8-11(20)6-7-13(10)22-15(23)9-21-16(24)12-4-2-3-5-14(12)25-17(18)19/h2-8,17H,9H2,1H3,(H,21,24)(H,22,23). The van der Waals surface area contributed by atoms with Gasteiger partial charge in [-0.25, -0.2) is 0 Å². The molecule has 0 aliphatic rings. The van der Waals surface area contributed by atoms with Crippen LogP contribution < -0.4 is 15.4 Å². The maximum atomic E-state index is 12.4. The molecule has 2 aromatic rings. The van der Waals surface area contributed by atoms with Gasteiger partial charge in [0.05, 0.1) is 12.1 Å². The summed E-state index contributed by atoms with van der Waals surface area (Å²) in [5.74, 6) is -1.35. The molecule has 0 saturated carbocycles. The number of carbonyl (C=O) groups is 2. The van der Waals surface area contributed by atoms with Crippen LogP contribution in [-0.4, -0.2) is 25.0 Å². The van der Waals surface area contributed by atoms with E-state index in [1.54, 1.807) is 6.07 Å². The van der Waals surface area contributed by atoms with E-state index in [4.69, 9.17) is 0 Å². The fraction of sp³-hybridized carbons (Fsp3) is 0.176. The molecule has 2 N–H and O–H groups in total. The Balaban J connectivity index is 1.97. The van der Waals surface area contributed by atoms with Crippen molar-refractivity contribution in [2.75, 3.05) is 11.9 Å². The van der Waals surface area contributed by atoms with Gasteiger partial charge in [-0.2, -0.15) is 8.78 Å². The molecule has 0 fully saturated rings. The first-order valence-corrected chi connectivity index (χ1v) is 8.32. The average Bonchev–Trinajstić information content (AvgIpc) is 2.55. The van der Waals surface area contributed by atoms with E-state index in [1.807, 2.05) is 19.1 Å². The molecule has 0 aromatic heterocycles. The summed E-state index contributed by atoms with van der Waals surface area (Å²) in [6, 6.07) is 11.1. The van der Waals surface area contributed by atoms with Crippen LogP contribution in [0.1, 0.15) is 15.9 Å². The average molecular weight is 460 g/mol. The molecule has 0 atom stereocenters. The first-order chi connectivity index (χ1) is 11.9. The van der Waals surface area contributed by atoms with Gasteiger partial charge in [-0.3, -0.25) is 9.59 Å². The zero-order valence-corrected chi connectivity index (χ0v) is 15.3. The van der Waals surface area contributed by atoms with Gasteiger partial charge in [0, 0.05) is 9.26 Å². The van der Waals surface area contributed by atoms with Crippen LogP contribution in [0, 0.1) is 10.5 Å². The van der Waals surface area contributed by atoms with E-state index in [9.17, 15) is 18.4 Å². The maximum absolute atomic E-state index is 12.4. The maximum Gasteiger partial charge on any atom is 0.387 e. The molecule has 2 aromatic carbocycles. The number of nitrogens with one attached hydrogen (secondary N) is 2. The number of carbonyl (C=O) groups excluding carboxylic acids is 2. The van der Waals surface area contributed by atoms with Gasteiger partial charge >= 0.3 is 6.61 Å². The molecule has 2 amide bonds. The van der Waals surface area contributed by atoms with Gasteiger partial charge < -0.3 is 15.4 Å². The summed E-state index contributed by atoms with van der Waals surface area (Å²) in [4.78, 5) is 24.1. The number of rotatable bonds is 6. The molecule has 0 bridgehead atoms. The van der Waals surface area contributed by atoms with Crippen molar-refractivity contribution in [2.24, 2.45) is 0 Å². The molecule has 0 aliphatic carbocycles. The molecule has 2 rings (SSSR count). The van der Waals surface area contributed by atoms with E-state index < -0.39 is 18.4 Å². The number of anilines is 1. The Morgan fingerprint density at radius 2 is 1.92 bits per heavy atom. The number of hydrogen-bond donors (Lipinski definition) is 2. The zero-order valence-electron chi connectivity index (χ0n) is 13.2. The lowest BCUT2D eigenvalue weighted by Gasteiger charge is -2.12. The van der Waals surface area contributed by atoms with Gasteiger partial charge in [-0.15, -0.1) is 0 Å². The minimum atomic E-state index is -3.04. The molecule has 25 heavy (non-hydrogen) atoms. The highest BCUT2D eigenvalue weighted by atomic mass is 127. The molecule has 0 unspecified atom stereocenters. The van der Waals surface area contributed by atoms with E-state index in [-0.39, 0.29) is 17.9 Å². The fourth-order valence-corrected chi connectivity index (χ4v) is 2.72. The van der Waals surface area contributed by atoms with Crippen molar-refractivity contribution in [1.82, 2.24) is 5.32 Å². The number of alkyl halides is 2. The lowest BCUT2D eigenvalue weighted by molar-refractivity contribution is -0.115. The highest BCUT2D eigenvalue weighted by molar-refractivity contribution is 14.1. The quantitative estimate of drug-likeness (QED) is 0.648. The van der Waals surface area contributed by atoms with Crippen LogP contribution in [0.2, 0.25) is 0 Å². The number of hydrogen-bond acceptors (Lipinski definition) is 3. The number of halogens is 3. The normalized spacial score (nSPS) is 10.4. The van der Waals surface area contributed by atoms with Crippen LogP contribution in [0.4, 0.5) is 14.5 Å². The smallest absolute Gasteiger partial charge is 0.387 e. The fourth-order valence-electron chi connectivity index (χ4n) is 2.07. The van der Waals surface area contributed by atoms with Crippen LogP contribution in [0.3, 0.4) is 0 Å². The van der Waals surface area contributed by atoms with E-state index in [2.05, 4.69) is 38.0 Å². The predicted octanol–water partition coefficient (Wildman–Crippen LogP) is 3.57. The monoisotopic (exact) mass is 460 g/mol. The van der Waals surface area contributed by atoms with Crippen molar-refractivity contribution in [3.8, 4) is 5.75 Å². The van der Waals surface area contributed by atoms with Crippen LogP contribution in [0.15, 0.2) is 42.5 Å². The van der Waals surface area contributed by atoms with Crippen molar-refractivity contribution in [2.45, 2.75) is 13.5 Å². The third-order valence-corrected chi connectivity index (χ3v) is 3.89. The Hall–Kier alpha value is -2.23. The molecule has 132 valence electrons. The Morgan fingerprint density at radius 1 is 1.20 bits per heavy atom. The second-order valence-corrected chi connectivity index (χ2v) is 6.31. The summed E-state index contributed by atoms with van der Waals surface area (Å²) in [7, 11) is 0. The second-order valence-electron chi connectivity index (χ2n) is 5.06. The third kappa shape index (κ3) is 5.66. The first-order valence-electron chi connectivity index (χ1n) is 7.25. The van der Waals surface area contributed by atoms with Crippen LogP contribution in [0.25, 0.3) is 0 Å². The highest BCUT2D eigenvalue weighted by Gasteiger charge is 2.16. The zero-order chi connectivity index (χ0) is 18.4. The first kappa shape index (κ1) is 19.1. The number of benzene rings is 2. The molecular formula is C17H15F2IN2O3. The predicted molar refractivity (Wildman–Crippen MR) is 97.9 cm³/mol. The van der Waals surface area contributed by atoms with Crippen molar-refractivity contribution in [3.05, 3.63) is 57.2 Å². The van der Waals surface area contributed by atoms with Crippen LogP contribution in [0.5, 0.6) is 5.75 Å². The molecule has 8 heteroatoms. The summed E-state index contributed by atoms with van der Waals surface area (Å²) in [6.45, 7) is -1.48. The lowest BCUT2D eigenvalue weighted by Crippen LogP contribution is -2.33. The van der Waals surface area contributed by atoms with Gasteiger partial charge in [-0.05, 0) is 65.4 Å². The van der Waals surface area contributed by atoms with Gasteiger partial charge in [0.1, 0.15) is 5.75 Å². The highest BCUT2D eigenvalue weighted by Crippen LogP contribution is 2.20. The molecule has 0 radical (unpaired) electrons. The third-order valence-electron chi connectivity index (χ3n) is 3.22. The molecule has 0 saturated heterocycles. The molecule has 0 spiro atoms. The van der Waals surface area contributed by atoms with E-state index in [1.165, 1.54) is 24.3 Å². The van der Waals surface area contributed by atoms with Gasteiger partial charge in [0.25, 0.3) is 5.91 Å². The summed E-state index contributed by atoms with van der Waals surface area (Å²) in [6.07, 6.45) is 0. The van der Waals surface area contributed by atoms with Crippen molar-refractivity contribution >= 4 is 40.1 Å². The second kappa shape index (κ2) is 8.75. The SMILES string of the molecule is Cc1cc(I)ccc1NC(=O)CNC(=O)c1ccccc1OC(F)F. The Labute approximate surface area is 156 Å². The molecule has 0 heterocycles. The Bertz CT molecular complexity index is 784. The number of aryl methyl sites for hydroxylation is 1. The van der Waals surface area contributed by atoms with Gasteiger partial charge in [0.2, 0.25) is 5.91 Å². The van der Waals surface area contributed by atoms with Crippen molar-refractivity contribution in [3.63, 3.8) is 0 Å². The minimum absolute atomic E-state index is 0.0685. The van der Waals surface area contributed by atoms with E-state index >= 15 is 0 Å². The molecule has 5 nitrogen and oxygen atoms in total. The number of ether oxygens (including phenoxy) is 1. The Morgan fingerprint density at radius 3 is 2.60 bits per heavy atom. The number of amides is 2. The number of para-hydroxylation sites is 1. The summed E-state index contributed by atoms with van der Waals surface area (Å²) in [5, 5.41) is 5.07. The summed E-state index contributed by atoms with van der Waals surface area (Å²) >= 11 is 2.16. The minimum Gasteiger partial charge on any atom is -0.434 e. The topological polar surface area (TPSA) is 67.4 Å². The Kier molecular flexibility index (Phi) is 6.68. The van der Waals surface area contributed by atoms with E-state index in [0.717, 1.165) is 9.13 Å². The largest absolute Gasteiger partial charge is 0.434 e. The summed E-state index contributed by atoms with van der Waals surface area (Å²) in [5.41, 5.74) is 1.46. The molecular weight excluding hydrogens is 445 g/mol. The van der Waals surface area contributed by atoms with E-state index in [0.29, 0.717) is 5.69 Å². The van der Waals surface area contributed by atoms with Crippen LogP contribution >= 0.6 is 22.6 Å². The van der Waals surface area contributed by atoms with Crippen molar-refractivity contribution in [1.29, 1.82) is 0 Å². The molecule has 0 aliphatic heterocycles. The lowest BCUT2D eigenvalue weighted by atomic mass is 10.2. The van der Waals surface area contributed by atoms with Crippen molar-refractivity contribution < 1.29 is 23.1 Å². The van der Waals surface area contributed by atoms with Gasteiger partial charge in [0.15, 0.2) is 0 Å².